The number of aryl methyl sites for hydroxylation is 1. The second-order valence-electron chi connectivity index (χ2n) is 5.52. The summed E-state index contributed by atoms with van der Waals surface area (Å²) >= 11 is 0. The van der Waals surface area contributed by atoms with Crippen molar-refractivity contribution in [2.75, 3.05) is 0 Å². The maximum atomic E-state index is 13.3. The van der Waals surface area contributed by atoms with Crippen molar-refractivity contribution in [2.24, 2.45) is 0 Å². The van der Waals surface area contributed by atoms with E-state index in [1.807, 2.05) is 0 Å². The summed E-state index contributed by atoms with van der Waals surface area (Å²) in [6.07, 6.45) is 1.17. The number of rotatable bonds is 4. The molecule has 0 aliphatic rings. The van der Waals surface area contributed by atoms with Crippen LogP contribution in [0.2, 0.25) is 0 Å². The number of carbonyl (C=O) groups is 1. The Morgan fingerprint density at radius 1 is 1.31 bits per heavy atom. The van der Waals surface area contributed by atoms with Gasteiger partial charge in [0.2, 0.25) is 0 Å². The highest BCUT2D eigenvalue weighted by Gasteiger charge is 2.14. The van der Waals surface area contributed by atoms with Crippen LogP contribution in [0.5, 0.6) is 5.75 Å². The molecule has 26 heavy (non-hydrogen) atoms. The Morgan fingerprint density at radius 3 is 2.77 bits per heavy atom. The van der Waals surface area contributed by atoms with Gasteiger partial charge in [-0.25, -0.2) is 14.2 Å². The number of esters is 1. The largest absolute Gasteiger partial charge is 0.425 e. The van der Waals surface area contributed by atoms with Crippen molar-refractivity contribution >= 4 is 22.6 Å². The molecule has 0 unspecified atom stereocenters. The number of aromatic nitrogens is 2. The van der Waals surface area contributed by atoms with E-state index in [-0.39, 0.29) is 16.8 Å². The Bertz CT molecular complexity index is 1090. The second-order valence-corrected chi connectivity index (χ2v) is 5.52. The van der Waals surface area contributed by atoms with Crippen LogP contribution in [0.4, 0.5) is 10.1 Å². The van der Waals surface area contributed by atoms with Gasteiger partial charge >= 0.3 is 5.97 Å². The quantitative estimate of drug-likeness (QED) is 0.307. The molecule has 3 aromatic rings. The Morgan fingerprint density at radius 2 is 2.08 bits per heavy atom. The lowest BCUT2D eigenvalue weighted by Crippen LogP contribution is -2.27. The van der Waals surface area contributed by atoms with Crippen LogP contribution >= 0.6 is 0 Å². The van der Waals surface area contributed by atoms with Gasteiger partial charge in [-0.2, -0.15) is 0 Å². The number of nitro groups is 1. The monoisotopic (exact) mass is 357 g/mol. The highest BCUT2D eigenvalue weighted by molar-refractivity contribution is 5.78. The fraction of sp³-hybridized carbons (Fsp3) is 0.118. The number of hydrogen-bond donors (Lipinski definition) is 0. The van der Waals surface area contributed by atoms with Crippen LogP contribution in [0.3, 0.4) is 0 Å². The van der Waals surface area contributed by atoms with Crippen molar-refractivity contribution in [3.05, 3.63) is 74.6 Å². The van der Waals surface area contributed by atoms with E-state index in [2.05, 4.69) is 4.98 Å². The van der Waals surface area contributed by atoms with Gasteiger partial charge in [-0.05, 0) is 37.3 Å². The average molecular weight is 357 g/mol. The van der Waals surface area contributed by atoms with Crippen molar-refractivity contribution < 1.29 is 18.8 Å². The molecular formula is C17H12FN3O5. The van der Waals surface area contributed by atoms with E-state index in [0.29, 0.717) is 11.1 Å². The zero-order valence-corrected chi connectivity index (χ0v) is 13.5. The lowest BCUT2D eigenvalue weighted by atomic mass is 10.2. The summed E-state index contributed by atoms with van der Waals surface area (Å²) in [6, 6.07) is 7.47. The van der Waals surface area contributed by atoms with Crippen LogP contribution in [0.15, 0.2) is 47.5 Å². The summed E-state index contributed by atoms with van der Waals surface area (Å²) in [7, 11) is 0. The van der Waals surface area contributed by atoms with Gasteiger partial charge in [0.05, 0.1) is 22.2 Å². The summed E-state index contributed by atoms with van der Waals surface area (Å²) in [4.78, 5) is 38.6. The molecular weight excluding hydrogens is 345 g/mol. The van der Waals surface area contributed by atoms with Crippen LogP contribution in [0.25, 0.3) is 10.9 Å². The number of benzene rings is 2. The van der Waals surface area contributed by atoms with Gasteiger partial charge in [-0.3, -0.25) is 19.5 Å². The first-order valence-electron chi connectivity index (χ1n) is 7.45. The Hall–Kier alpha value is -3.62. The molecule has 0 saturated heterocycles. The lowest BCUT2D eigenvalue weighted by Gasteiger charge is -2.08. The fourth-order valence-electron chi connectivity index (χ4n) is 2.44. The molecule has 1 aromatic heterocycles. The van der Waals surface area contributed by atoms with Crippen molar-refractivity contribution in [3.8, 4) is 5.75 Å². The molecule has 0 atom stereocenters. The number of ether oxygens (including phenoxy) is 1. The van der Waals surface area contributed by atoms with Crippen LogP contribution < -0.4 is 10.3 Å². The number of fused-ring (bicyclic) bond motifs is 1. The van der Waals surface area contributed by atoms with Crippen LogP contribution in [0.1, 0.15) is 5.56 Å². The molecule has 2 aromatic carbocycles. The molecule has 0 radical (unpaired) electrons. The summed E-state index contributed by atoms with van der Waals surface area (Å²) in [5, 5.41) is 10.8. The van der Waals surface area contributed by atoms with Crippen LogP contribution in [-0.2, 0) is 11.3 Å². The van der Waals surface area contributed by atoms with E-state index >= 15 is 0 Å². The minimum atomic E-state index is -0.766. The molecule has 0 saturated carbocycles. The average Bonchev–Trinajstić information content (AvgIpc) is 2.57. The molecule has 0 bridgehead atoms. The topological polar surface area (TPSA) is 104 Å². The predicted molar refractivity (Wildman–Crippen MR) is 89.4 cm³/mol. The number of hydrogen-bond acceptors (Lipinski definition) is 6. The maximum absolute atomic E-state index is 13.3. The van der Waals surface area contributed by atoms with E-state index in [9.17, 15) is 24.1 Å². The summed E-state index contributed by atoms with van der Waals surface area (Å²) in [5.74, 6) is -1.23. The summed E-state index contributed by atoms with van der Waals surface area (Å²) in [6.45, 7) is 1.08. The normalized spacial score (nSPS) is 10.7. The molecule has 0 spiro atoms. The molecule has 132 valence electrons. The van der Waals surface area contributed by atoms with E-state index in [1.165, 1.54) is 43.6 Å². The van der Waals surface area contributed by atoms with Gasteiger partial charge < -0.3 is 4.74 Å². The first-order chi connectivity index (χ1) is 12.3. The third-order valence-corrected chi connectivity index (χ3v) is 3.68. The minimum Gasteiger partial charge on any atom is -0.425 e. The second kappa shape index (κ2) is 6.71. The van der Waals surface area contributed by atoms with Crippen LogP contribution in [0, 0.1) is 22.9 Å². The highest BCUT2D eigenvalue weighted by Crippen LogP contribution is 2.23. The van der Waals surface area contributed by atoms with Crippen molar-refractivity contribution in [3.63, 3.8) is 0 Å². The van der Waals surface area contributed by atoms with Gasteiger partial charge in [0.25, 0.3) is 11.2 Å². The maximum Gasteiger partial charge on any atom is 0.331 e. The van der Waals surface area contributed by atoms with E-state index in [1.54, 1.807) is 0 Å². The molecule has 8 nitrogen and oxygen atoms in total. The summed E-state index contributed by atoms with van der Waals surface area (Å²) < 4.78 is 19.4. The third-order valence-electron chi connectivity index (χ3n) is 3.68. The van der Waals surface area contributed by atoms with Crippen molar-refractivity contribution in [1.82, 2.24) is 9.55 Å². The van der Waals surface area contributed by atoms with E-state index < -0.39 is 28.8 Å². The smallest absolute Gasteiger partial charge is 0.331 e. The first-order valence-corrected chi connectivity index (χ1v) is 7.45. The van der Waals surface area contributed by atoms with E-state index in [0.717, 1.165) is 10.6 Å². The highest BCUT2D eigenvalue weighted by atomic mass is 19.1. The lowest BCUT2D eigenvalue weighted by molar-refractivity contribution is -0.385. The van der Waals surface area contributed by atoms with E-state index in [4.69, 9.17) is 4.74 Å². The number of nitro benzene ring substituents is 1. The standard InChI is InChI=1S/C17H12FN3O5/c1-10-6-12(3-5-15(10)21(24)25)26-16(22)8-20-9-19-14-4-2-11(18)7-13(14)17(20)23/h2-7,9H,8H2,1H3. The fourth-order valence-corrected chi connectivity index (χ4v) is 2.44. The van der Waals surface area contributed by atoms with Gasteiger partial charge in [0.15, 0.2) is 0 Å². The zero-order valence-electron chi connectivity index (χ0n) is 13.5. The molecule has 0 N–H and O–H groups in total. The molecule has 1 heterocycles. The summed E-state index contributed by atoms with van der Waals surface area (Å²) in [5.41, 5.74) is -0.0274. The van der Waals surface area contributed by atoms with Crippen molar-refractivity contribution in [2.45, 2.75) is 13.5 Å². The SMILES string of the molecule is Cc1cc(OC(=O)Cn2cnc3ccc(F)cc3c2=O)ccc1[N+](=O)[O-]. The molecule has 3 rings (SSSR count). The van der Waals surface area contributed by atoms with Crippen molar-refractivity contribution in [1.29, 1.82) is 0 Å². The van der Waals surface area contributed by atoms with Gasteiger partial charge in [0, 0.05) is 11.6 Å². The predicted octanol–water partition coefficient (Wildman–Crippen LogP) is 2.36. The minimum absolute atomic E-state index is 0.0477. The number of halogens is 1. The number of carbonyl (C=O) groups excluding carboxylic acids is 1. The van der Waals surface area contributed by atoms with Gasteiger partial charge in [0.1, 0.15) is 18.1 Å². The van der Waals surface area contributed by atoms with Gasteiger partial charge in [-0.15, -0.1) is 0 Å². The molecule has 0 amide bonds. The Kier molecular flexibility index (Phi) is 4.44. The molecule has 9 heteroatoms. The van der Waals surface area contributed by atoms with Gasteiger partial charge in [-0.1, -0.05) is 0 Å². The third kappa shape index (κ3) is 3.41. The zero-order chi connectivity index (χ0) is 18.8. The molecule has 0 aliphatic heterocycles. The Labute approximate surface area is 145 Å². The first kappa shape index (κ1) is 17.2. The molecule has 0 aliphatic carbocycles. The number of nitrogens with zero attached hydrogens (tertiary/aromatic N) is 3. The van der Waals surface area contributed by atoms with Crippen LogP contribution in [-0.4, -0.2) is 20.4 Å². The Balaban J connectivity index is 1.81. The molecule has 0 fully saturated rings.